The van der Waals surface area contributed by atoms with Gasteiger partial charge < -0.3 is 68.5 Å². The molecule has 68 heavy (non-hydrogen) atoms. The minimum atomic E-state index is -0.466. The van der Waals surface area contributed by atoms with E-state index in [4.69, 9.17) is 28.8 Å². The Balaban J connectivity index is 0.000000484. The molecule has 0 atom stereocenters. The first-order valence-electron chi connectivity index (χ1n) is 22.4. The summed E-state index contributed by atoms with van der Waals surface area (Å²) in [7, 11) is 3.32. The van der Waals surface area contributed by atoms with Gasteiger partial charge in [-0.15, -0.1) is 12.4 Å². The third-order valence-corrected chi connectivity index (χ3v) is 9.86. The van der Waals surface area contributed by atoms with Crippen LogP contribution in [0, 0.1) is 0 Å². The van der Waals surface area contributed by atoms with Crippen LogP contribution in [0.1, 0.15) is 55.4 Å². The molecular weight excluding hydrogens is 966 g/mol. The van der Waals surface area contributed by atoms with Gasteiger partial charge in [0.05, 0.1) is 38.4 Å². The van der Waals surface area contributed by atoms with Crippen molar-refractivity contribution in [3.63, 3.8) is 0 Å². The molecule has 3 aromatic rings. The van der Waals surface area contributed by atoms with Crippen LogP contribution in [0.15, 0.2) is 55.0 Å². The number of aliphatic hydroxyl groups is 1. The number of nitrogens with zero attached hydrogens (tertiary/aromatic N) is 8. The molecule has 3 aromatic heterocycles. The topological polar surface area (TPSA) is 197 Å². The van der Waals surface area contributed by atoms with Crippen molar-refractivity contribution in [1.29, 1.82) is 0 Å². The fraction of sp³-hybridized carbons (Fsp3) is 0.638. The number of aromatic hydroxyl groups is 1. The maximum absolute atomic E-state index is 12.1. The number of amides is 2. The molecule has 3 aliphatic rings. The number of nitrogens with one attached hydrogen (secondary N) is 1. The summed E-state index contributed by atoms with van der Waals surface area (Å²) in [5.74, 6) is 4.34. The van der Waals surface area contributed by atoms with Crippen LogP contribution < -0.4 is 29.5 Å². The smallest absolute Gasteiger partial charge is 0.410 e. The van der Waals surface area contributed by atoms with Gasteiger partial charge >= 0.3 is 12.2 Å². The molecule has 3 aliphatic heterocycles. The van der Waals surface area contributed by atoms with E-state index in [0.29, 0.717) is 65.5 Å². The van der Waals surface area contributed by atoms with Gasteiger partial charge in [-0.1, -0.05) is 23.4 Å². The predicted octanol–water partition coefficient (Wildman–Crippen LogP) is 6.35. The molecule has 3 saturated heterocycles. The Hall–Kier alpha value is -4.60. The van der Waals surface area contributed by atoms with Crippen molar-refractivity contribution < 1.29 is 48.2 Å². The maximum Gasteiger partial charge on any atom is 0.410 e. The summed E-state index contributed by atoms with van der Waals surface area (Å²) in [6.45, 7) is 23.1. The largest absolute Gasteiger partial charge is 0.506 e. The summed E-state index contributed by atoms with van der Waals surface area (Å²) < 4.78 is 31.3. The number of hydrogen-bond donors (Lipinski definition) is 3. The Bertz CT molecular complexity index is 1770. The molecule has 0 spiro atoms. The number of rotatable bonds is 13. The lowest BCUT2D eigenvalue weighted by Gasteiger charge is -2.36. The summed E-state index contributed by atoms with van der Waals surface area (Å²) in [5.41, 5.74) is -0.929. The molecule has 386 valence electrons. The van der Waals surface area contributed by atoms with Gasteiger partial charge in [-0.05, 0) is 77.9 Å². The minimum absolute atomic E-state index is 0. The molecule has 6 rings (SSSR count). The first-order valence-corrected chi connectivity index (χ1v) is 23.6. The van der Waals surface area contributed by atoms with Crippen molar-refractivity contribution in [2.45, 2.75) is 66.6 Å². The Morgan fingerprint density at radius 1 is 0.618 bits per heavy atom. The van der Waals surface area contributed by atoms with E-state index in [-0.39, 0.29) is 44.4 Å². The van der Waals surface area contributed by atoms with Gasteiger partial charge in [0.25, 0.3) is 0 Å². The number of hydrogen-bond acceptors (Lipinski definition) is 17. The fourth-order valence-corrected chi connectivity index (χ4v) is 6.54. The van der Waals surface area contributed by atoms with Crippen LogP contribution in [0.25, 0.3) is 0 Å². The molecule has 3 N–H and O–H groups in total. The highest BCUT2D eigenvalue weighted by atomic mass is 79.9. The lowest BCUT2D eigenvalue weighted by molar-refractivity contribution is 0.0230. The molecule has 0 aromatic carbocycles. The van der Waals surface area contributed by atoms with Crippen molar-refractivity contribution in [3.05, 3.63) is 55.0 Å². The van der Waals surface area contributed by atoms with Crippen molar-refractivity contribution in [2.24, 2.45) is 0 Å². The highest BCUT2D eigenvalue weighted by Crippen LogP contribution is 2.21. The number of methoxy groups -OCH3 is 2. The molecule has 3 fully saturated rings. The average Bonchev–Trinajstić information content (AvgIpc) is 3.30. The standard InChI is InChI=1S/C17H27N3O4.C14H21N3O3.C12H19N3O2.C3H7BrO.CH4.ClH/c1-17(2,3)24-16(21)20-9-7-19(8-10-20)15-6-5-14(13-18-15)23-12-11-22-4;1-14(2,3)20-13(19)17-8-6-16(7-9-17)12-5-4-11(18)10-15-12;16-8-1-9-17-11-2-3-12(14-10-11)15-6-4-13-5-7-15;1-5-3-2-4;;/h5-6,13H,7-12H2,1-4H3;4-5,10,18H,6-9H2,1-3H3;2-3,10,13,16H,1,4-9H2;2-3H2,1H3;1H4;1H. The second-order valence-electron chi connectivity index (χ2n) is 17.2. The van der Waals surface area contributed by atoms with Crippen LogP contribution in [-0.4, -0.2) is 189 Å². The van der Waals surface area contributed by atoms with Crippen LogP contribution in [0.2, 0.25) is 0 Å². The number of aliphatic hydroxyl groups excluding tert-OH is 1. The second kappa shape index (κ2) is 33.0. The van der Waals surface area contributed by atoms with Crippen molar-refractivity contribution in [3.8, 4) is 17.2 Å². The third-order valence-electron chi connectivity index (χ3n) is 9.53. The van der Waals surface area contributed by atoms with Gasteiger partial charge in [0, 0.05) is 111 Å². The number of piperazine rings is 3. The Morgan fingerprint density at radius 2 is 1.03 bits per heavy atom. The number of pyridine rings is 3. The van der Waals surface area contributed by atoms with Crippen LogP contribution >= 0.6 is 28.3 Å². The summed E-state index contributed by atoms with van der Waals surface area (Å²) in [4.78, 5) is 47.0. The van der Waals surface area contributed by atoms with E-state index in [1.54, 1.807) is 48.5 Å². The van der Waals surface area contributed by atoms with Crippen LogP contribution in [-0.2, 0) is 18.9 Å². The number of anilines is 3. The van der Waals surface area contributed by atoms with E-state index in [2.05, 4.69) is 55.6 Å². The van der Waals surface area contributed by atoms with Crippen molar-refractivity contribution >= 4 is 58.0 Å². The molecule has 21 heteroatoms. The lowest BCUT2D eigenvalue weighted by atomic mass is 10.2. The lowest BCUT2D eigenvalue weighted by Crippen LogP contribution is -2.50. The average molecular weight is 1050 g/mol. The van der Waals surface area contributed by atoms with Gasteiger partial charge in [-0.3, -0.25) is 0 Å². The van der Waals surface area contributed by atoms with Crippen LogP contribution in [0.4, 0.5) is 27.0 Å². The van der Waals surface area contributed by atoms with E-state index in [1.165, 1.54) is 6.20 Å². The number of alkyl halides is 1. The van der Waals surface area contributed by atoms with Crippen molar-refractivity contribution in [2.75, 3.05) is 146 Å². The normalized spacial score (nSPS) is 14.8. The molecule has 0 aliphatic carbocycles. The van der Waals surface area contributed by atoms with Crippen LogP contribution in [0.3, 0.4) is 0 Å². The van der Waals surface area contributed by atoms with Gasteiger partial charge in [0.2, 0.25) is 0 Å². The van der Waals surface area contributed by atoms with Crippen LogP contribution in [0.5, 0.6) is 17.2 Å². The molecule has 19 nitrogen and oxygen atoms in total. The monoisotopic (exact) mass is 1040 g/mol. The number of carbonyl (C=O) groups excluding carboxylic acids is 2. The Kier molecular flexibility index (Phi) is 29.8. The number of ether oxygens (including phenoxy) is 6. The Morgan fingerprint density at radius 3 is 1.37 bits per heavy atom. The molecule has 0 saturated carbocycles. The third kappa shape index (κ3) is 24.6. The van der Waals surface area contributed by atoms with Crippen molar-refractivity contribution in [1.82, 2.24) is 30.1 Å². The van der Waals surface area contributed by atoms with Gasteiger partial charge in [-0.25, -0.2) is 24.5 Å². The quantitative estimate of drug-likeness (QED) is 0.126. The SMILES string of the molecule is C.CC(C)(C)OC(=O)N1CCN(c2ccc(O)cn2)CC1.COCCBr.COCCOc1ccc(N2CCN(C(=O)OC(C)(C)C)CC2)nc1.Cl.OCCCOc1ccc(N2CCNCC2)nc1. The predicted molar refractivity (Wildman–Crippen MR) is 274 cm³/mol. The highest BCUT2D eigenvalue weighted by Gasteiger charge is 2.28. The van der Waals surface area contributed by atoms with Gasteiger partial charge in [-0.2, -0.15) is 0 Å². The molecule has 6 heterocycles. The number of carbonyl (C=O) groups is 2. The van der Waals surface area contributed by atoms with E-state index >= 15 is 0 Å². The van der Waals surface area contributed by atoms with E-state index < -0.39 is 11.2 Å². The van der Waals surface area contributed by atoms with E-state index in [0.717, 1.165) is 80.2 Å². The highest BCUT2D eigenvalue weighted by molar-refractivity contribution is 9.09. The first-order chi connectivity index (χ1) is 31.5. The summed E-state index contributed by atoms with van der Waals surface area (Å²) in [5, 5.41) is 22.1. The molecule has 0 unspecified atom stereocenters. The van der Waals surface area contributed by atoms with E-state index in [1.807, 2.05) is 65.8 Å². The number of halogens is 2. The summed E-state index contributed by atoms with van der Waals surface area (Å²) >= 11 is 3.18. The molecule has 2 amide bonds. The Labute approximate surface area is 419 Å². The maximum atomic E-state index is 12.1. The fourth-order valence-electron chi connectivity index (χ4n) is 6.21. The zero-order valence-electron chi connectivity index (χ0n) is 40.7. The minimum Gasteiger partial charge on any atom is -0.506 e. The van der Waals surface area contributed by atoms with Gasteiger partial charge in [0.1, 0.15) is 52.5 Å². The zero-order valence-corrected chi connectivity index (χ0v) is 43.1. The number of aromatic nitrogens is 3. The first kappa shape index (κ1) is 61.4. The van der Waals surface area contributed by atoms with E-state index in [9.17, 15) is 14.7 Å². The molecular formula is C47H79BrClN9O10. The molecule has 0 bridgehead atoms. The van der Waals surface area contributed by atoms with Gasteiger partial charge in [0.15, 0.2) is 0 Å². The summed E-state index contributed by atoms with van der Waals surface area (Å²) in [6, 6.07) is 11.1. The zero-order chi connectivity index (χ0) is 48.4. The molecule has 0 radical (unpaired) electrons. The summed E-state index contributed by atoms with van der Waals surface area (Å²) in [6.07, 6.45) is 5.02. The second-order valence-corrected chi connectivity index (χ2v) is 18.0.